The van der Waals surface area contributed by atoms with Gasteiger partial charge in [-0.15, -0.1) is 0 Å². The second-order valence-electron chi connectivity index (χ2n) is 8.09. The molecule has 32 heavy (non-hydrogen) atoms. The van der Waals surface area contributed by atoms with Gasteiger partial charge in [0.25, 0.3) is 0 Å². The molecule has 9 heteroatoms. The first-order valence-electron chi connectivity index (χ1n) is 10.2. The van der Waals surface area contributed by atoms with Gasteiger partial charge in [-0.1, -0.05) is 64.1 Å². The molecule has 0 aliphatic rings. The van der Waals surface area contributed by atoms with E-state index in [2.05, 4.69) is 54.3 Å². The number of halogens is 3. The highest BCUT2D eigenvalue weighted by atomic mass is 32.2. The molecule has 0 saturated heterocycles. The van der Waals surface area contributed by atoms with Crippen LogP contribution in [0.15, 0.2) is 48.5 Å². The maximum atomic E-state index is 12.8. The second kappa shape index (κ2) is 8.97. The van der Waals surface area contributed by atoms with Crippen LogP contribution in [0.3, 0.4) is 0 Å². The maximum absolute atomic E-state index is 12.8. The van der Waals surface area contributed by atoms with Gasteiger partial charge in [-0.25, -0.2) is 4.98 Å². The van der Waals surface area contributed by atoms with E-state index in [1.165, 1.54) is 6.07 Å². The van der Waals surface area contributed by atoms with Crippen molar-refractivity contribution >= 4 is 26.7 Å². The molecule has 1 heterocycles. The number of pyridine rings is 1. The average Bonchev–Trinajstić information content (AvgIpc) is 2.71. The van der Waals surface area contributed by atoms with Crippen LogP contribution in [0.2, 0.25) is 0 Å². The van der Waals surface area contributed by atoms with Gasteiger partial charge in [-0.2, -0.15) is 21.6 Å². The molecular formula is C23H25F3N2O3S. The topological polar surface area (TPSA) is 68.3 Å². The fourth-order valence-electron chi connectivity index (χ4n) is 3.43. The van der Waals surface area contributed by atoms with E-state index in [4.69, 9.17) is 0 Å². The van der Waals surface area contributed by atoms with Gasteiger partial charge in [0.2, 0.25) is 0 Å². The third-order valence-electron chi connectivity index (χ3n) is 5.04. The van der Waals surface area contributed by atoms with Crippen LogP contribution < -0.4 is 9.50 Å². The molecule has 3 aromatic rings. The van der Waals surface area contributed by atoms with Gasteiger partial charge in [0.1, 0.15) is 5.52 Å². The van der Waals surface area contributed by atoms with E-state index >= 15 is 0 Å². The van der Waals surface area contributed by atoms with Crippen LogP contribution in [-0.2, 0) is 16.7 Å². The number of nitrogens with one attached hydrogen (secondary N) is 1. The molecule has 0 aliphatic carbocycles. The molecule has 0 unspecified atom stereocenters. The van der Waals surface area contributed by atoms with Crippen LogP contribution in [0.1, 0.15) is 56.4 Å². The van der Waals surface area contributed by atoms with Crippen molar-refractivity contribution < 1.29 is 25.8 Å². The monoisotopic (exact) mass is 466 g/mol. The van der Waals surface area contributed by atoms with Gasteiger partial charge < -0.3 is 9.50 Å². The fraction of sp³-hybridized carbons (Fsp3) is 0.348. The number of para-hydroxylation sites is 2. The zero-order valence-electron chi connectivity index (χ0n) is 18.2. The summed E-state index contributed by atoms with van der Waals surface area (Å²) in [6.07, 6.45) is 0. The molecule has 0 spiro atoms. The predicted molar refractivity (Wildman–Crippen MR) is 119 cm³/mol. The Labute approximate surface area is 185 Å². The molecule has 0 saturated carbocycles. The number of alkyl halides is 3. The molecule has 0 radical (unpaired) electrons. The van der Waals surface area contributed by atoms with E-state index in [0.29, 0.717) is 17.6 Å². The van der Waals surface area contributed by atoms with E-state index in [9.17, 15) is 21.6 Å². The molecule has 1 aromatic heterocycles. The van der Waals surface area contributed by atoms with E-state index < -0.39 is 21.4 Å². The third kappa shape index (κ3) is 4.98. The normalized spacial score (nSPS) is 12.5. The van der Waals surface area contributed by atoms with Gasteiger partial charge in [-0.3, -0.25) is 0 Å². The van der Waals surface area contributed by atoms with Crippen LogP contribution in [-0.4, -0.2) is 18.9 Å². The van der Waals surface area contributed by atoms with Crippen molar-refractivity contribution in [1.82, 2.24) is 4.98 Å². The molecule has 0 fully saturated rings. The number of hydrogen-bond donors (Lipinski definition) is 1. The van der Waals surface area contributed by atoms with Gasteiger partial charge >= 0.3 is 15.6 Å². The Hall–Kier alpha value is -2.81. The van der Waals surface area contributed by atoms with Gasteiger partial charge in [0, 0.05) is 11.1 Å². The van der Waals surface area contributed by atoms with Crippen molar-refractivity contribution in [3.05, 3.63) is 65.4 Å². The maximum Gasteiger partial charge on any atom is 0.534 e. The van der Waals surface area contributed by atoms with Crippen molar-refractivity contribution in [2.75, 3.05) is 5.32 Å². The lowest BCUT2D eigenvalue weighted by Crippen LogP contribution is -2.28. The highest BCUT2D eigenvalue weighted by molar-refractivity contribution is 7.88. The minimum Gasteiger partial charge on any atom is -0.379 e. The SMILES string of the molecule is CC(C)c1cccc(C(C)C)c1NCc1ccc2cccc(OS(=O)(=O)C(F)(F)F)c2n1. The van der Waals surface area contributed by atoms with E-state index in [-0.39, 0.29) is 17.4 Å². The summed E-state index contributed by atoms with van der Waals surface area (Å²) < 4.78 is 65.6. The van der Waals surface area contributed by atoms with Gasteiger partial charge in [-0.05, 0) is 35.1 Å². The summed E-state index contributed by atoms with van der Waals surface area (Å²) in [5.74, 6) is 0.105. The van der Waals surface area contributed by atoms with Crippen molar-refractivity contribution in [2.45, 2.75) is 51.6 Å². The van der Waals surface area contributed by atoms with Crippen LogP contribution in [0, 0.1) is 0 Å². The molecule has 0 bridgehead atoms. The van der Waals surface area contributed by atoms with E-state index in [1.54, 1.807) is 18.2 Å². The molecule has 0 atom stereocenters. The Bertz CT molecular complexity index is 1200. The Balaban J connectivity index is 1.96. The summed E-state index contributed by atoms with van der Waals surface area (Å²) in [5, 5.41) is 3.88. The quantitative estimate of drug-likeness (QED) is 0.326. The first-order chi connectivity index (χ1) is 14.9. The van der Waals surface area contributed by atoms with Crippen molar-refractivity contribution in [3.63, 3.8) is 0 Å². The van der Waals surface area contributed by atoms with Gasteiger partial charge in [0.15, 0.2) is 5.75 Å². The average molecular weight is 467 g/mol. The third-order valence-corrected chi connectivity index (χ3v) is 6.01. The molecule has 3 rings (SSSR count). The first-order valence-corrected chi connectivity index (χ1v) is 11.6. The number of fused-ring (bicyclic) bond motifs is 1. The fourth-order valence-corrected chi connectivity index (χ4v) is 3.89. The summed E-state index contributed by atoms with van der Waals surface area (Å²) in [7, 11) is -5.80. The number of anilines is 1. The number of rotatable bonds is 7. The van der Waals surface area contributed by atoms with Crippen LogP contribution >= 0.6 is 0 Å². The standard InChI is InChI=1S/C23H25F3N2O3S/c1-14(2)18-8-6-9-19(15(3)4)22(18)27-13-17-12-11-16-7-5-10-20(21(16)28-17)31-32(29,30)23(24,25)26/h5-12,14-15,27H,13H2,1-4H3. The lowest BCUT2D eigenvalue weighted by Gasteiger charge is -2.21. The molecule has 0 aliphatic heterocycles. The lowest BCUT2D eigenvalue weighted by molar-refractivity contribution is -0.0499. The zero-order chi connectivity index (χ0) is 23.7. The summed E-state index contributed by atoms with van der Waals surface area (Å²) in [6.45, 7) is 8.71. The molecule has 2 aromatic carbocycles. The lowest BCUT2D eigenvalue weighted by atomic mass is 9.92. The summed E-state index contributed by atoms with van der Waals surface area (Å²) in [4.78, 5) is 4.39. The van der Waals surface area contributed by atoms with Crippen molar-refractivity contribution in [2.24, 2.45) is 0 Å². The Kier molecular flexibility index (Phi) is 6.69. The number of benzene rings is 2. The smallest absolute Gasteiger partial charge is 0.379 e. The van der Waals surface area contributed by atoms with Crippen LogP contribution in [0.5, 0.6) is 5.75 Å². The van der Waals surface area contributed by atoms with Crippen LogP contribution in [0.4, 0.5) is 18.9 Å². The molecule has 5 nitrogen and oxygen atoms in total. The van der Waals surface area contributed by atoms with E-state index in [1.807, 2.05) is 6.07 Å². The van der Waals surface area contributed by atoms with Crippen molar-refractivity contribution in [1.29, 1.82) is 0 Å². The predicted octanol–water partition coefficient (Wildman–Crippen LogP) is 6.32. The highest BCUT2D eigenvalue weighted by Crippen LogP contribution is 2.34. The largest absolute Gasteiger partial charge is 0.534 e. The Morgan fingerprint density at radius 2 is 1.53 bits per heavy atom. The second-order valence-corrected chi connectivity index (χ2v) is 9.63. The molecule has 172 valence electrons. The minimum atomic E-state index is -5.80. The summed E-state index contributed by atoms with van der Waals surface area (Å²) >= 11 is 0. The number of aromatic nitrogens is 1. The highest BCUT2D eigenvalue weighted by Gasteiger charge is 2.48. The number of hydrogen-bond acceptors (Lipinski definition) is 5. The Morgan fingerprint density at radius 1 is 0.938 bits per heavy atom. The van der Waals surface area contributed by atoms with Gasteiger partial charge in [0.05, 0.1) is 12.2 Å². The van der Waals surface area contributed by atoms with Crippen molar-refractivity contribution in [3.8, 4) is 5.75 Å². The summed E-state index contributed by atoms with van der Waals surface area (Å²) in [6, 6.07) is 13.7. The number of nitrogens with zero attached hydrogens (tertiary/aromatic N) is 1. The first kappa shape index (κ1) is 23.8. The summed E-state index contributed by atoms with van der Waals surface area (Å²) in [5.41, 5.74) is -1.65. The molecule has 0 amide bonds. The van der Waals surface area contributed by atoms with Crippen LogP contribution in [0.25, 0.3) is 10.9 Å². The zero-order valence-corrected chi connectivity index (χ0v) is 19.0. The minimum absolute atomic E-state index is 0.0425. The van der Waals surface area contributed by atoms with E-state index in [0.717, 1.165) is 22.9 Å². The molecular weight excluding hydrogens is 441 g/mol. The Morgan fingerprint density at radius 3 is 2.09 bits per heavy atom. The molecule has 1 N–H and O–H groups in total.